The van der Waals surface area contributed by atoms with Crippen molar-refractivity contribution in [1.82, 2.24) is 13.8 Å². The van der Waals surface area contributed by atoms with Crippen molar-refractivity contribution in [1.29, 1.82) is 0 Å². The van der Waals surface area contributed by atoms with E-state index in [0.717, 1.165) is 55.3 Å². The van der Waals surface area contributed by atoms with Gasteiger partial charge < -0.3 is 9.47 Å². The molecular weight excluding hydrogens is 537 g/mol. The lowest BCUT2D eigenvalue weighted by Gasteiger charge is -2.36. The van der Waals surface area contributed by atoms with Gasteiger partial charge in [-0.25, -0.2) is 12.8 Å². The molecule has 1 fully saturated rings. The van der Waals surface area contributed by atoms with E-state index in [1.165, 1.54) is 16.4 Å². The molecule has 1 heterocycles. The molecule has 41 heavy (non-hydrogen) atoms. The zero-order chi connectivity index (χ0) is 29.6. The van der Waals surface area contributed by atoms with Gasteiger partial charge in [-0.1, -0.05) is 62.4 Å². The van der Waals surface area contributed by atoms with Gasteiger partial charge in [-0.3, -0.25) is 4.79 Å². The normalized spacial score (nSPS) is 14.5. The standard InChI is InChI=1S/C33H44FN3O3S/c1-5-6-19-36(41(39,40)33-26(3)20-25(2)21-27(33)4)24-32(38)37(30-11-8-7-9-12-30)23-31-13-10-18-35(31)22-28-14-16-29(34)17-15-28/h10,13-18,20-21,30H,5-9,11-12,19,22-24H2,1-4H3. The number of hydrogen-bond donors (Lipinski definition) is 0. The molecule has 0 aliphatic heterocycles. The largest absolute Gasteiger partial charge is 0.345 e. The number of benzene rings is 2. The SMILES string of the molecule is CCCCN(CC(=O)N(Cc1cccn1Cc1ccc(F)cc1)C1CCCCC1)S(=O)(=O)c1c(C)cc(C)cc1C. The van der Waals surface area contributed by atoms with Crippen LogP contribution in [0, 0.1) is 26.6 Å². The third kappa shape index (κ3) is 7.66. The van der Waals surface area contributed by atoms with E-state index < -0.39 is 10.0 Å². The fourth-order valence-electron chi connectivity index (χ4n) is 6.09. The van der Waals surface area contributed by atoms with Crippen LogP contribution in [0.25, 0.3) is 0 Å². The maximum atomic E-state index is 14.1. The summed E-state index contributed by atoms with van der Waals surface area (Å²) in [5, 5.41) is 0. The van der Waals surface area contributed by atoms with Gasteiger partial charge in [0.15, 0.2) is 0 Å². The first-order valence-electron chi connectivity index (χ1n) is 14.9. The molecule has 1 aliphatic rings. The average molecular weight is 582 g/mol. The Bertz CT molecular complexity index is 1400. The van der Waals surface area contributed by atoms with Crippen LogP contribution in [0.5, 0.6) is 0 Å². The fraction of sp³-hybridized carbons (Fsp3) is 0.485. The van der Waals surface area contributed by atoms with Gasteiger partial charge in [0.05, 0.1) is 18.0 Å². The van der Waals surface area contributed by atoms with Crippen molar-refractivity contribution in [2.24, 2.45) is 0 Å². The van der Waals surface area contributed by atoms with Crippen molar-refractivity contribution >= 4 is 15.9 Å². The summed E-state index contributed by atoms with van der Waals surface area (Å²) in [5.74, 6) is -0.428. The van der Waals surface area contributed by atoms with Crippen LogP contribution >= 0.6 is 0 Å². The highest BCUT2D eigenvalue weighted by Gasteiger charge is 2.33. The quantitative estimate of drug-likeness (QED) is 0.238. The molecule has 222 valence electrons. The van der Waals surface area contributed by atoms with Gasteiger partial charge in [0.2, 0.25) is 15.9 Å². The molecule has 4 rings (SSSR count). The van der Waals surface area contributed by atoms with Crippen LogP contribution < -0.4 is 0 Å². The van der Waals surface area contributed by atoms with E-state index in [-0.39, 0.29) is 24.3 Å². The Hall–Kier alpha value is -2.97. The van der Waals surface area contributed by atoms with Gasteiger partial charge in [-0.2, -0.15) is 4.31 Å². The molecule has 0 N–H and O–H groups in total. The van der Waals surface area contributed by atoms with Gasteiger partial charge in [0, 0.05) is 31.0 Å². The Morgan fingerprint density at radius 2 is 1.66 bits per heavy atom. The van der Waals surface area contributed by atoms with Gasteiger partial charge in [0.25, 0.3) is 0 Å². The van der Waals surface area contributed by atoms with Crippen LogP contribution in [-0.4, -0.2) is 47.2 Å². The lowest BCUT2D eigenvalue weighted by Crippen LogP contribution is -2.48. The van der Waals surface area contributed by atoms with Gasteiger partial charge in [-0.05, 0) is 81.0 Å². The molecular formula is C33H44FN3O3S. The van der Waals surface area contributed by atoms with Crippen molar-refractivity contribution in [2.45, 2.75) is 96.7 Å². The molecule has 0 bridgehead atoms. The molecule has 1 amide bonds. The number of amides is 1. The van der Waals surface area contributed by atoms with Gasteiger partial charge >= 0.3 is 0 Å². The van der Waals surface area contributed by atoms with E-state index in [4.69, 9.17) is 0 Å². The van der Waals surface area contributed by atoms with Crippen molar-refractivity contribution in [3.05, 3.63) is 88.5 Å². The van der Waals surface area contributed by atoms with Crippen molar-refractivity contribution < 1.29 is 17.6 Å². The summed E-state index contributed by atoms with van der Waals surface area (Å²) < 4.78 is 45.0. The maximum absolute atomic E-state index is 14.1. The molecule has 1 aromatic heterocycles. The molecule has 3 aromatic rings. The minimum absolute atomic E-state index is 0.0731. The minimum Gasteiger partial charge on any atom is -0.345 e. The van der Waals surface area contributed by atoms with Crippen LogP contribution in [-0.2, 0) is 27.9 Å². The van der Waals surface area contributed by atoms with Crippen molar-refractivity contribution in [3.8, 4) is 0 Å². The summed E-state index contributed by atoms with van der Waals surface area (Å²) in [6.45, 7) is 8.75. The molecule has 1 aliphatic carbocycles. The zero-order valence-electron chi connectivity index (χ0n) is 24.9. The molecule has 0 radical (unpaired) electrons. The summed E-state index contributed by atoms with van der Waals surface area (Å²) >= 11 is 0. The maximum Gasteiger partial charge on any atom is 0.244 e. The molecule has 6 nitrogen and oxygen atoms in total. The number of halogens is 1. The minimum atomic E-state index is -3.88. The Labute approximate surface area is 245 Å². The van der Waals surface area contributed by atoms with Gasteiger partial charge in [0.1, 0.15) is 5.82 Å². The van der Waals surface area contributed by atoms with Gasteiger partial charge in [-0.15, -0.1) is 0 Å². The number of sulfonamides is 1. The average Bonchev–Trinajstić information content (AvgIpc) is 3.36. The lowest BCUT2D eigenvalue weighted by atomic mass is 9.94. The Balaban J connectivity index is 1.62. The summed E-state index contributed by atoms with van der Waals surface area (Å²) in [4.78, 5) is 16.3. The van der Waals surface area contributed by atoms with E-state index in [1.54, 1.807) is 12.1 Å². The second-order valence-electron chi connectivity index (χ2n) is 11.5. The molecule has 1 saturated carbocycles. The summed E-state index contributed by atoms with van der Waals surface area (Å²) in [6.07, 6.45) is 8.60. The van der Waals surface area contributed by atoms with E-state index >= 15 is 0 Å². The molecule has 2 aromatic carbocycles. The van der Waals surface area contributed by atoms with Crippen LogP contribution in [0.1, 0.15) is 79.8 Å². The molecule has 0 atom stereocenters. The smallest absolute Gasteiger partial charge is 0.244 e. The van der Waals surface area contributed by atoms with Crippen molar-refractivity contribution in [2.75, 3.05) is 13.1 Å². The van der Waals surface area contributed by atoms with Crippen LogP contribution in [0.2, 0.25) is 0 Å². The first-order valence-corrected chi connectivity index (χ1v) is 16.3. The number of rotatable bonds is 12. The third-order valence-corrected chi connectivity index (χ3v) is 10.3. The Morgan fingerprint density at radius 3 is 2.29 bits per heavy atom. The zero-order valence-corrected chi connectivity index (χ0v) is 25.7. The molecule has 0 unspecified atom stereocenters. The highest BCUT2D eigenvalue weighted by atomic mass is 32.2. The topological polar surface area (TPSA) is 62.6 Å². The third-order valence-electron chi connectivity index (χ3n) is 8.13. The molecule has 0 spiro atoms. The predicted octanol–water partition coefficient (Wildman–Crippen LogP) is 6.75. The summed E-state index contributed by atoms with van der Waals surface area (Å²) in [5.41, 5.74) is 4.38. The second kappa shape index (κ2) is 13.8. The second-order valence-corrected chi connectivity index (χ2v) is 13.4. The van der Waals surface area contributed by atoms with Crippen LogP contribution in [0.3, 0.4) is 0 Å². The number of aryl methyl sites for hydroxylation is 3. The van der Waals surface area contributed by atoms with E-state index in [0.29, 0.717) is 42.1 Å². The van der Waals surface area contributed by atoms with E-state index in [1.807, 2.05) is 63.1 Å². The highest BCUT2D eigenvalue weighted by molar-refractivity contribution is 7.89. The molecule has 0 saturated heterocycles. The number of carbonyl (C=O) groups excluding carboxylic acids is 1. The highest BCUT2D eigenvalue weighted by Crippen LogP contribution is 2.28. The number of nitrogens with zero attached hydrogens (tertiary/aromatic N) is 3. The summed E-state index contributed by atoms with van der Waals surface area (Å²) in [6, 6.07) is 14.3. The lowest BCUT2D eigenvalue weighted by molar-refractivity contribution is -0.135. The first kappa shape index (κ1) is 31.0. The summed E-state index contributed by atoms with van der Waals surface area (Å²) in [7, 11) is -3.88. The Kier molecular flexibility index (Phi) is 10.4. The Morgan fingerprint density at radius 1 is 1.00 bits per heavy atom. The number of unbranched alkanes of at least 4 members (excludes halogenated alkanes) is 1. The number of carbonyl (C=O) groups is 1. The molecule has 8 heteroatoms. The first-order chi connectivity index (χ1) is 19.6. The van der Waals surface area contributed by atoms with E-state index in [2.05, 4.69) is 4.57 Å². The number of hydrogen-bond acceptors (Lipinski definition) is 3. The monoisotopic (exact) mass is 581 g/mol. The predicted molar refractivity (Wildman–Crippen MR) is 162 cm³/mol. The van der Waals surface area contributed by atoms with Crippen molar-refractivity contribution in [3.63, 3.8) is 0 Å². The number of aromatic nitrogens is 1. The fourth-order valence-corrected chi connectivity index (χ4v) is 7.92. The van der Waals surface area contributed by atoms with E-state index in [9.17, 15) is 17.6 Å². The van der Waals surface area contributed by atoms with Crippen LogP contribution in [0.4, 0.5) is 4.39 Å². The van der Waals surface area contributed by atoms with Crippen LogP contribution in [0.15, 0.2) is 59.6 Å².